The highest BCUT2D eigenvalue weighted by Gasteiger charge is 2.22. The molecular formula is C17H25N3O2. The number of piperazine rings is 1. The van der Waals surface area contributed by atoms with Crippen LogP contribution in [0.4, 0.5) is 5.69 Å². The molecule has 0 aromatic heterocycles. The molecule has 5 heteroatoms. The summed E-state index contributed by atoms with van der Waals surface area (Å²) in [6.07, 6.45) is 0.937. The van der Waals surface area contributed by atoms with Gasteiger partial charge in [0.05, 0.1) is 19.2 Å². The van der Waals surface area contributed by atoms with Gasteiger partial charge in [0.2, 0.25) is 5.91 Å². The third-order valence-electron chi connectivity index (χ3n) is 4.40. The Kier molecular flexibility index (Phi) is 4.95. The maximum absolute atomic E-state index is 12.0. The molecular weight excluding hydrogens is 278 g/mol. The lowest BCUT2D eigenvalue weighted by atomic mass is 10.2. The van der Waals surface area contributed by atoms with Gasteiger partial charge in [-0.15, -0.1) is 0 Å². The summed E-state index contributed by atoms with van der Waals surface area (Å²) < 4.78 is 5.29. The van der Waals surface area contributed by atoms with Gasteiger partial charge in [-0.3, -0.25) is 9.69 Å². The Labute approximate surface area is 132 Å². The molecule has 2 fully saturated rings. The molecule has 120 valence electrons. The molecule has 1 aromatic rings. The first-order valence-corrected chi connectivity index (χ1v) is 8.12. The summed E-state index contributed by atoms with van der Waals surface area (Å²) in [5.41, 5.74) is 2.57. The van der Waals surface area contributed by atoms with Gasteiger partial charge in [0.15, 0.2) is 0 Å². The predicted octanol–water partition coefficient (Wildman–Crippen LogP) is 1.02. The van der Waals surface area contributed by atoms with Crippen molar-refractivity contribution in [1.82, 2.24) is 10.2 Å². The van der Waals surface area contributed by atoms with Crippen LogP contribution in [0.3, 0.4) is 0 Å². The van der Waals surface area contributed by atoms with Crippen LogP contribution < -0.4 is 10.2 Å². The van der Waals surface area contributed by atoms with Crippen molar-refractivity contribution < 1.29 is 9.53 Å². The zero-order valence-electron chi connectivity index (χ0n) is 13.3. The Morgan fingerprint density at radius 3 is 2.82 bits per heavy atom. The third-order valence-corrected chi connectivity index (χ3v) is 4.40. The number of benzene rings is 1. The van der Waals surface area contributed by atoms with Crippen LogP contribution in [0.2, 0.25) is 0 Å². The van der Waals surface area contributed by atoms with Crippen molar-refractivity contribution in [2.45, 2.75) is 19.4 Å². The first-order chi connectivity index (χ1) is 10.7. The van der Waals surface area contributed by atoms with Crippen LogP contribution in [-0.2, 0) is 9.53 Å². The molecule has 1 amide bonds. The van der Waals surface area contributed by atoms with Crippen LogP contribution in [0.15, 0.2) is 24.3 Å². The Bertz CT molecular complexity index is 506. The molecule has 2 aliphatic rings. The maximum Gasteiger partial charge on any atom is 0.234 e. The molecule has 2 aliphatic heterocycles. The Hall–Kier alpha value is -1.59. The zero-order valence-corrected chi connectivity index (χ0v) is 13.3. The molecule has 0 radical (unpaired) electrons. The highest BCUT2D eigenvalue weighted by molar-refractivity contribution is 5.78. The van der Waals surface area contributed by atoms with Crippen molar-refractivity contribution in [3.05, 3.63) is 29.8 Å². The zero-order chi connectivity index (χ0) is 15.4. The van der Waals surface area contributed by atoms with Crippen molar-refractivity contribution in [2.24, 2.45) is 0 Å². The van der Waals surface area contributed by atoms with Gasteiger partial charge in [0, 0.05) is 38.5 Å². The van der Waals surface area contributed by atoms with E-state index in [9.17, 15) is 4.79 Å². The van der Waals surface area contributed by atoms with E-state index in [0.29, 0.717) is 13.2 Å². The van der Waals surface area contributed by atoms with Crippen molar-refractivity contribution >= 4 is 11.6 Å². The molecule has 2 heterocycles. The number of ether oxygens (including phenoxy) is 1. The van der Waals surface area contributed by atoms with E-state index in [1.807, 2.05) is 0 Å². The summed E-state index contributed by atoms with van der Waals surface area (Å²) in [5, 5.41) is 3.06. The van der Waals surface area contributed by atoms with Gasteiger partial charge in [-0.2, -0.15) is 0 Å². The number of amides is 1. The quantitative estimate of drug-likeness (QED) is 0.902. The van der Waals surface area contributed by atoms with E-state index < -0.39 is 0 Å². The fourth-order valence-electron chi connectivity index (χ4n) is 3.11. The van der Waals surface area contributed by atoms with Crippen molar-refractivity contribution in [3.8, 4) is 0 Å². The summed E-state index contributed by atoms with van der Waals surface area (Å²) in [4.78, 5) is 16.7. The summed E-state index contributed by atoms with van der Waals surface area (Å²) in [5.74, 6) is 0.125. The van der Waals surface area contributed by atoms with Gasteiger partial charge in [-0.25, -0.2) is 0 Å². The van der Waals surface area contributed by atoms with E-state index >= 15 is 0 Å². The van der Waals surface area contributed by atoms with Gasteiger partial charge in [0.25, 0.3) is 0 Å². The Morgan fingerprint density at radius 2 is 2.14 bits per heavy atom. The van der Waals surface area contributed by atoms with Crippen molar-refractivity contribution in [2.75, 3.05) is 50.8 Å². The van der Waals surface area contributed by atoms with E-state index in [1.165, 1.54) is 11.3 Å². The molecule has 5 nitrogen and oxygen atoms in total. The summed E-state index contributed by atoms with van der Waals surface area (Å²) in [7, 11) is 0. The average molecular weight is 303 g/mol. The Morgan fingerprint density at radius 1 is 1.32 bits per heavy atom. The van der Waals surface area contributed by atoms with Crippen molar-refractivity contribution in [1.29, 1.82) is 0 Å². The fraction of sp³-hybridized carbons (Fsp3) is 0.588. The number of nitrogens with one attached hydrogen (secondary N) is 1. The molecule has 1 N–H and O–H groups in total. The SMILES string of the molecule is Cc1cccc(N2CCN(CC(=O)NC3CCOC3)CC2)c1. The number of rotatable bonds is 4. The first-order valence-electron chi connectivity index (χ1n) is 8.12. The van der Waals surface area contributed by atoms with Crippen LogP contribution in [0.1, 0.15) is 12.0 Å². The van der Waals surface area contributed by atoms with E-state index in [4.69, 9.17) is 4.74 Å². The third kappa shape index (κ3) is 3.99. The molecule has 0 aliphatic carbocycles. The van der Waals surface area contributed by atoms with E-state index in [1.54, 1.807) is 0 Å². The minimum Gasteiger partial charge on any atom is -0.379 e. The molecule has 1 unspecified atom stereocenters. The average Bonchev–Trinajstić information content (AvgIpc) is 3.01. The van der Waals surface area contributed by atoms with Crippen LogP contribution >= 0.6 is 0 Å². The van der Waals surface area contributed by atoms with Gasteiger partial charge in [-0.1, -0.05) is 12.1 Å². The van der Waals surface area contributed by atoms with E-state index in [0.717, 1.165) is 39.2 Å². The largest absolute Gasteiger partial charge is 0.379 e. The monoisotopic (exact) mass is 303 g/mol. The van der Waals surface area contributed by atoms with E-state index in [-0.39, 0.29) is 11.9 Å². The number of nitrogens with zero attached hydrogens (tertiary/aromatic N) is 2. The maximum atomic E-state index is 12.0. The molecule has 22 heavy (non-hydrogen) atoms. The number of hydrogen-bond donors (Lipinski definition) is 1. The van der Waals surface area contributed by atoms with Gasteiger partial charge in [0.1, 0.15) is 0 Å². The lowest BCUT2D eigenvalue weighted by molar-refractivity contribution is -0.123. The molecule has 1 atom stereocenters. The summed E-state index contributed by atoms with van der Waals surface area (Å²) in [6.45, 7) is 7.86. The topological polar surface area (TPSA) is 44.8 Å². The molecule has 2 saturated heterocycles. The summed E-state index contributed by atoms with van der Waals surface area (Å²) >= 11 is 0. The lowest BCUT2D eigenvalue weighted by Crippen LogP contribution is -2.50. The van der Waals surface area contributed by atoms with Gasteiger partial charge < -0.3 is 15.0 Å². The molecule has 0 saturated carbocycles. The number of anilines is 1. The van der Waals surface area contributed by atoms with Crippen LogP contribution in [-0.4, -0.2) is 62.8 Å². The van der Waals surface area contributed by atoms with Crippen LogP contribution in [0.25, 0.3) is 0 Å². The highest BCUT2D eigenvalue weighted by atomic mass is 16.5. The number of carbonyl (C=O) groups is 1. The summed E-state index contributed by atoms with van der Waals surface area (Å²) in [6, 6.07) is 8.82. The lowest BCUT2D eigenvalue weighted by Gasteiger charge is -2.36. The standard InChI is InChI=1S/C17H25N3O2/c1-14-3-2-4-16(11-14)20-8-6-19(7-9-20)12-17(21)18-15-5-10-22-13-15/h2-4,11,15H,5-10,12-13H2,1H3,(H,18,21). The number of hydrogen-bond acceptors (Lipinski definition) is 4. The smallest absolute Gasteiger partial charge is 0.234 e. The normalized spacial score (nSPS) is 22.8. The minimum atomic E-state index is 0.125. The van der Waals surface area contributed by atoms with E-state index in [2.05, 4.69) is 46.3 Å². The first kappa shape index (κ1) is 15.3. The van der Waals surface area contributed by atoms with Crippen molar-refractivity contribution in [3.63, 3.8) is 0 Å². The molecule has 0 spiro atoms. The highest BCUT2D eigenvalue weighted by Crippen LogP contribution is 2.17. The number of carbonyl (C=O) groups excluding carboxylic acids is 1. The molecule has 1 aromatic carbocycles. The van der Waals surface area contributed by atoms with Crippen LogP contribution in [0, 0.1) is 6.92 Å². The fourth-order valence-corrected chi connectivity index (χ4v) is 3.11. The predicted molar refractivity (Wildman–Crippen MR) is 87.2 cm³/mol. The molecule has 3 rings (SSSR count). The molecule has 0 bridgehead atoms. The second kappa shape index (κ2) is 7.11. The number of aryl methyl sites for hydroxylation is 1. The second-order valence-corrected chi connectivity index (χ2v) is 6.23. The Balaban J connectivity index is 1.44. The second-order valence-electron chi connectivity index (χ2n) is 6.23. The van der Waals surface area contributed by atoms with Gasteiger partial charge in [-0.05, 0) is 31.0 Å². The van der Waals surface area contributed by atoms with Crippen LogP contribution in [0.5, 0.6) is 0 Å². The van der Waals surface area contributed by atoms with Gasteiger partial charge >= 0.3 is 0 Å². The minimum absolute atomic E-state index is 0.125.